The Morgan fingerprint density at radius 2 is 0.878 bits per heavy atom. The van der Waals surface area contributed by atoms with E-state index in [1.807, 2.05) is 0 Å². The monoisotopic (exact) mass is 664 g/mol. The molecule has 7 rings (SSSR count). The summed E-state index contributed by atoms with van der Waals surface area (Å²) in [4.78, 5) is 104. The number of aliphatic carboxylic acids is 3. The van der Waals surface area contributed by atoms with Crippen molar-refractivity contribution >= 4 is 90.6 Å². The van der Waals surface area contributed by atoms with E-state index in [4.69, 9.17) is 5.11 Å². The average Bonchev–Trinajstić information content (AvgIpc) is 3.07. The standard InChI is InChI=1S/C35H24N2O12/c1-49-25(40)13-11-23(35(47)48)37-32(43)20-8-4-16-14-2-6-18-28-19(31(42)36(30(18)41)22(34(45)46)10-12-24(38)39)7-3-15(26(14)28)17-5-9-21(33(37)44)29(20)27(16)17/h2-9,22-23H,10-13H2,1H3,(H,38,39)(H,45,46)(H,47,48)/t22-,23-/m1/s1. The second-order valence-electron chi connectivity index (χ2n) is 11.9. The smallest absolute Gasteiger partial charge is 0.326 e. The van der Waals surface area contributed by atoms with E-state index in [1.54, 1.807) is 24.3 Å². The van der Waals surface area contributed by atoms with Crippen molar-refractivity contribution in [2.45, 2.75) is 37.8 Å². The van der Waals surface area contributed by atoms with Gasteiger partial charge in [-0.2, -0.15) is 0 Å². The Bertz CT molecular complexity index is 2280. The summed E-state index contributed by atoms with van der Waals surface area (Å²) in [6.07, 6.45) is -1.75. The number of nitrogens with zero attached hydrogens (tertiary/aromatic N) is 2. The highest BCUT2D eigenvalue weighted by Gasteiger charge is 2.43. The molecule has 2 heterocycles. The molecule has 0 spiro atoms. The van der Waals surface area contributed by atoms with Gasteiger partial charge in [0.25, 0.3) is 23.6 Å². The second-order valence-corrected chi connectivity index (χ2v) is 11.9. The number of imide groups is 2. The van der Waals surface area contributed by atoms with Crippen LogP contribution in [0.15, 0.2) is 48.5 Å². The van der Waals surface area contributed by atoms with Crippen LogP contribution in [-0.4, -0.2) is 91.8 Å². The lowest BCUT2D eigenvalue weighted by molar-refractivity contribution is -0.145. The quantitative estimate of drug-likeness (QED) is 0.0845. The van der Waals surface area contributed by atoms with Crippen LogP contribution in [0.25, 0.3) is 43.1 Å². The van der Waals surface area contributed by atoms with E-state index in [0.717, 1.165) is 7.11 Å². The number of fused-ring (bicyclic) bond motifs is 2. The predicted molar refractivity (Wildman–Crippen MR) is 170 cm³/mol. The first kappa shape index (κ1) is 31.2. The predicted octanol–water partition coefficient (Wildman–Crippen LogP) is 3.65. The number of hydrogen-bond donors (Lipinski definition) is 3. The number of methoxy groups -OCH3 is 1. The molecular weight excluding hydrogens is 640 g/mol. The first-order chi connectivity index (χ1) is 23.4. The summed E-state index contributed by atoms with van der Waals surface area (Å²) < 4.78 is 4.60. The van der Waals surface area contributed by atoms with E-state index in [0.29, 0.717) is 47.5 Å². The molecule has 14 heteroatoms. The van der Waals surface area contributed by atoms with E-state index in [1.165, 1.54) is 24.3 Å². The van der Waals surface area contributed by atoms with Crippen LogP contribution < -0.4 is 0 Å². The van der Waals surface area contributed by atoms with Gasteiger partial charge in [0.05, 0.1) is 7.11 Å². The van der Waals surface area contributed by atoms with Crippen molar-refractivity contribution in [1.82, 2.24) is 9.80 Å². The Kier molecular flexibility index (Phi) is 7.05. The largest absolute Gasteiger partial charge is 0.481 e. The zero-order valence-corrected chi connectivity index (χ0v) is 25.5. The molecule has 0 saturated heterocycles. The number of benzene rings is 5. The fraction of sp³-hybridized carbons (Fsp3) is 0.200. The first-order valence-corrected chi connectivity index (χ1v) is 15.1. The molecule has 5 aromatic carbocycles. The number of amides is 4. The summed E-state index contributed by atoms with van der Waals surface area (Å²) in [5.74, 6) is -8.42. The number of carboxylic acids is 3. The van der Waals surface area contributed by atoms with Crippen LogP contribution in [0.5, 0.6) is 0 Å². The molecular formula is C35H24N2O12. The van der Waals surface area contributed by atoms with Gasteiger partial charge in [-0.1, -0.05) is 24.3 Å². The first-order valence-electron chi connectivity index (χ1n) is 15.1. The third-order valence-electron chi connectivity index (χ3n) is 9.37. The summed E-state index contributed by atoms with van der Waals surface area (Å²) in [5.41, 5.74) is 0.267. The van der Waals surface area contributed by atoms with Crippen molar-refractivity contribution in [3.63, 3.8) is 0 Å². The highest BCUT2D eigenvalue weighted by molar-refractivity contribution is 6.41. The van der Waals surface area contributed by atoms with Crippen LogP contribution >= 0.6 is 0 Å². The summed E-state index contributed by atoms with van der Waals surface area (Å²) >= 11 is 0. The van der Waals surface area contributed by atoms with Gasteiger partial charge in [0.2, 0.25) is 0 Å². The maximum Gasteiger partial charge on any atom is 0.326 e. The molecule has 2 aliphatic rings. The van der Waals surface area contributed by atoms with E-state index < -0.39 is 72.4 Å². The van der Waals surface area contributed by atoms with Crippen molar-refractivity contribution in [3.8, 4) is 0 Å². The van der Waals surface area contributed by atoms with Crippen LogP contribution in [0.3, 0.4) is 0 Å². The lowest BCUT2D eigenvalue weighted by atomic mass is 9.82. The molecule has 246 valence electrons. The molecule has 14 nitrogen and oxygen atoms in total. The van der Waals surface area contributed by atoms with Gasteiger partial charge >= 0.3 is 23.9 Å². The van der Waals surface area contributed by atoms with Crippen LogP contribution in [0.2, 0.25) is 0 Å². The van der Waals surface area contributed by atoms with Crippen molar-refractivity contribution in [2.75, 3.05) is 7.11 Å². The number of esters is 1. The van der Waals surface area contributed by atoms with E-state index in [2.05, 4.69) is 4.74 Å². The second kappa shape index (κ2) is 11.1. The van der Waals surface area contributed by atoms with Gasteiger partial charge in [-0.25, -0.2) is 9.59 Å². The number of rotatable bonds is 10. The summed E-state index contributed by atoms with van der Waals surface area (Å²) in [6.45, 7) is 0. The molecule has 3 N–H and O–H groups in total. The van der Waals surface area contributed by atoms with Crippen molar-refractivity contribution in [3.05, 3.63) is 70.8 Å². The fourth-order valence-electron chi connectivity index (χ4n) is 7.21. The van der Waals surface area contributed by atoms with Crippen molar-refractivity contribution in [2.24, 2.45) is 0 Å². The van der Waals surface area contributed by atoms with Gasteiger partial charge in [0.1, 0.15) is 12.1 Å². The minimum absolute atomic E-state index is 0.0542. The van der Waals surface area contributed by atoms with Crippen LogP contribution in [-0.2, 0) is 23.9 Å². The Morgan fingerprint density at radius 3 is 1.16 bits per heavy atom. The number of carboxylic acid groups (broad SMARTS) is 3. The zero-order valence-electron chi connectivity index (χ0n) is 25.5. The Hall–Kier alpha value is -6.44. The molecule has 0 radical (unpaired) electrons. The van der Waals surface area contributed by atoms with Crippen molar-refractivity contribution in [1.29, 1.82) is 0 Å². The van der Waals surface area contributed by atoms with Gasteiger partial charge in [-0.3, -0.25) is 38.6 Å². The van der Waals surface area contributed by atoms with Gasteiger partial charge in [0, 0.05) is 45.9 Å². The fourth-order valence-corrected chi connectivity index (χ4v) is 7.21. The normalized spacial score (nSPS) is 15.4. The highest BCUT2D eigenvalue weighted by Crippen LogP contribution is 2.46. The van der Waals surface area contributed by atoms with Crippen molar-refractivity contribution < 1.29 is 58.4 Å². The molecule has 2 atom stereocenters. The Balaban J connectivity index is 1.42. The Morgan fingerprint density at radius 1 is 0.551 bits per heavy atom. The third kappa shape index (κ3) is 4.40. The SMILES string of the molecule is COC(=O)CC[C@H](C(=O)O)N1C(=O)c2ccc3c4ccc5c6c(ccc(c7ccc(c2c37)C1=O)c64)C(=O)N([C@H](CCC(=O)O)C(=O)O)C5=O. The molecule has 0 aromatic heterocycles. The maximum atomic E-state index is 13.8. The van der Waals surface area contributed by atoms with Crippen LogP contribution in [0, 0.1) is 0 Å². The zero-order chi connectivity index (χ0) is 35.0. The minimum Gasteiger partial charge on any atom is -0.481 e. The van der Waals surface area contributed by atoms with Gasteiger partial charge in [-0.15, -0.1) is 0 Å². The van der Waals surface area contributed by atoms with Crippen LogP contribution in [0.1, 0.15) is 67.1 Å². The molecule has 4 amide bonds. The van der Waals surface area contributed by atoms with Crippen LogP contribution in [0.4, 0.5) is 0 Å². The molecule has 2 aliphatic heterocycles. The highest BCUT2D eigenvalue weighted by atomic mass is 16.5. The van der Waals surface area contributed by atoms with Gasteiger partial charge < -0.3 is 20.1 Å². The number of hydrogen-bond acceptors (Lipinski definition) is 9. The average molecular weight is 665 g/mol. The number of carbonyl (C=O) groups excluding carboxylic acids is 5. The number of carbonyl (C=O) groups is 8. The van der Waals surface area contributed by atoms with E-state index in [-0.39, 0.29) is 40.5 Å². The van der Waals surface area contributed by atoms with Gasteiger partial charge in [0.15, 0.2) is 0 Å². The molecule has 0 aliphatic carbocycles. The molecule has 5 aromatic rings. The molecule has 0 saturated carbocycles. The molecule has 49 heavy (non-hydrogen) atoms. The molecule has 0 fully saturated rings. The summed E-state index contributed by atoms with van der Waals surface area (Å²) in [7, 11) is 1.14. The lowest BCUT2D eigenvalue weighted by Crippen LogP contribution is -2.50. The van der Waals surface area contributed by atoms with E-state index >= 15 is 0 Å². The molecule has 0 bridgehead atoms. The molecule has 0 unspecified atom stereocenters. The van der Waals surface area contributed by atoms with E-state index in [9.17, 15) is 48.6 Å². The minimum atomic E-state index is -1.71. The summed E-state index contributed by atoms with van der Waals surface area (Å²) in [6, 6.07) is 9.06. The topological polar surface area (TPSA) is 213 Å². The lowest BCUT2D eigenvalue weighted by Gasteiger charge is -2.33. The maximum absolute atomic E-state index is 13.8. The van der Waals surface area contributed by atoms with Gasteiger partial charge in [-0.05, 0) is 69.4 Å². The Labute approximate surface area is 274 Å². The summed E-state index contributed by atoms with van der Waals surface area (Å²) in [5, 5.41) is 32.9. The third-order valence-corrected chi connectivity index (χ3v) is 9.37. The number of ether oxygens (including phenoxy) is 1.